The zero-order chi connectivity index (χ0) is 10.6. The fourth-order valence-electron chi connectivity index (χ4n) is 1.48. The van der Waals surface area contributed by atoms with Gasteiger partial charge in [0.15, 0.2) is 0 Å². The molecule has 1 rings (SSSR count). The zero-order valence-electron chi connectivity index (χ0n) is 8.83. The van der Waals surface area contributed by atoms with Gasteiger partial charge in [0, 0.05) is 25.0 Å². The molecule has 0 aromatic rings. The molecule has 0 bridgehead atoms. The van der Waals surface area contributed by atoms with Crippen molar-refractivity contribution in [2.24, 2.45) is 0 Å². The number of likely N-dealkylation sites (N-methyl/N-ethyl adjacent to an activating group) is 1. The van der Waals surface area contributed by atoms with Gasteiger partial charge in [0.05, 0.1) is 0 Å². The van der Waals surface area contributed by atoms with Gasteiger partial charge < -0.3 is 9.64 Å². The molecule has 0 aromatic carbocycles. The van der Waals surface area contributed by atoms with Gasteiger partial charge in [-0.1, -0.05) is 15.9 Å². The molecule has 1 heterocycles. The van der Waals surface area contributed by atoms with E-state index in [4.69, 9.17) is 4.74 Å². The number of carbonyl (C=O) groups excluding carboxylic acids is 1. The summed E-state index contributed by atoms with van der Waals surface area (Å²) in [4.78, 5) is 13.6. The molecule has 0 spiro atoms. The van der Waals surface area contributed by atoms with Gasteiger partial charge in [0.25, 0.3) is 5.91 Å². The van der Waals surface area contributed by atoms with Crippen molar-refractivity contribution < 1.29 is 9.53 Å². The highest BCUT2D eigenvalue weighted by Gasteiger charge is 2.26. The summed E-state index contributed by atoms with van der Waals surface area (Å²) in [5, 5.41) is 0.808. The van der Waals surface area contributed by atoms with E-state index >= 15 is 0 Å². The summed E-state index contributed by atoms with van der Waals surface area (Å²) >= 11 is 3.37. The maximum atomic E-state index is 11.9. The van der Waals surface area contributed by atoms with Crippen LogP contribution in [0.15, 0.2) is 0 Å². The van der Waals surface area contributed by atoms with Crippen LogP contribution in [0.3, 0.4) is 0 Å². The fourth-order valence-corrected chi connectivity index (χ4v) is 1.92. The molecule has 0 saturated carbocycles. The molecule has 2 unspecified atom stereocenters. The Morgan fingerprint density at radius 2 is 2.36 bits per heavy atom. The normalized spacial score (nSPS) is 24.4. The van der Waals surface area contributed by atoms with Gasteiger partial charge >= 0.3 is 0 Å². The smallest absolute Gasteiger partial charge is 0.251 e. The van der Waals surface area contributed by atoms with Crippen LogP contribution in [0.2, 0.25) is 0 Å². The lowest BCUT2D eigenvalue weighted by atomic mass is 10.1. The first-order valence-electron chi connectivity index (χ1n) is 5.11. The molecule has 1 aliphatic rings. The monoisotopic (exact) mass is 263 g/mol. The van der Waals surface area contributed by atoms with Gasteiger partial charge in [-0.15, -0.1) is 0 Å². The fraction of sp³-hybridized carbons (Fsp3) is 0.900. The van der Waals surface area contributed by atoms with Crippen LogP contribution in [0.4, 0.5) is 0 Å². The average molecular weight is 264 g/mol. The SMILES string of the molecule is CC(CBr)N(C)C(=O)C1CCCCO1. The second-order valence-corrected chi connectivity index (χ2v) is 4.46. The minimum absolute atomic E-state index is 0.122. The minimum atomic E-state index is -0.199. The minimum Gasteiger partial charge on any atom is -0.368 e. The highest BCUT2D eigenvalue weighted by atomic mass is 79.9. The van der Waals surface area contributed by atoms with Crippen LogP contribution in [0.25, 0.3) is 0 Å². The van der Waals surface area contributed by atoms with Gasteiger partial charge in [-0.05, 0) is 26.2 Å². The number of carbonyl (C=O) groups is 1. The van der Waals surface area contributed by atoms with Gasteiger partial charge in [0.1, 0.15) is 6.10 Å². The standard InChI is InChI=1S/C10H18BrNO2/c1-8(7-11)12(2)10(13)9-5-3-4-6-14-9/h8-9H,3-7H2,1-2H3. The van der Waals surface area contributed by atoms with Crippen molar-refractivity contribution in [1.29, 1.82) is 0 Å². The lowest BCUT2D eigenvalue weighted by Gasteiger charge is -2.29. The van der Waals surface area contributed by atoms with E-state index in [1.807, 2.05) is 14.0 Å². The molecule has 0 aromatic heterocycles. The van der Waals surface area contributed by atoms with E-state index in [9.17, 15) is 4.79 Å². The molecule has 0 N–H and O–H groups in total. The summed E-state index contributed by atoms with van der Waals surface area (Å²) in [6.07, 6.45) is 2.86. The number of halogens is 1. The van der Waals surface area contributed by atoms with Gasteiger partial charge in [-0.2, -0.15) is 0 Å². The van der Waals surface area contributed by atoms with Crippen LogP contribution in [0.1, 0.15) is 26.2 Å². The Morgan fingerprint density at radius 1 is 1.64 bits per heavy atom. The van der Waals surface area contributed by atoms with E-state index in [1.54, 1.807) is 4.90 Å². The first-order chi connectivity index (χ1) is 6.66. The summed E-state index contributed by atoms with van der Waals surface area (Å²) in [5.41, 5.74) is 0. The summed E-state index contributed by atoms with van der Waals surface area (Å²) in [5.74, 6) is 0.122. The number of rotatable bonds is 3. The quantitative estimate of drug-likeness (QED) is 0.727. The van der Waals surface area contributed by atoms with E-state index < -0.39 is 0 Å². The molecule has 1 saturated heterocycles. The molecule has 14 heavy (non-hydrogen) atoms. The highest BCUT2D eigenvalue weighted by Crippen LogP contribution is 2.15. The van der Waals surface area contributed by atoms with E-state index in [-0.39, 0.29) is 18.1 Å². The number of hydrogen-bond acceptors (Lipinski definition) is 2. The zero-order valence-corrected chi connectivity index (χ0v) is 10.4. The second-order valence-electron chi connectivity index (χ2n) is 3.81. The molecule has 1 fully saturated rings. The maximum absolute atomic E-state index is 11.9. The van der Waals surface area contributed by atoms with Crippen molar-refractivity contribution in [3.63, 3.8) is 0 Å². The van der Waals surface area contributed by atoms with Gasteiger partial charge in [-0.3, -0.25) is 4.79 Å². The Morgan fingerprint density at radius 3 is 2.86 bits per heavy atom. The van der Waals surface area contributed by atoms with Crippen LogP contribution in [0.5, 0.6) is 0 Å². The van der Waals surface area contributed by atoms with Gasteiger partial charge in [0.2, 0.25) is 0 Å². The van der Waals surface area contributed by atoms with Gasteiger partial charge in [-0.25, -0.2) is 0 Å². The van der Waals surface area contributed by atoms with Crippen molar-refractivity contribution in [2.45, 2.75) is 38.3 Å². The predicted octanol–water partition coefficient (Wildman–Crippen LogP) is 1.80. The first kappa shape index (κ1) is 12.0. The van der Waals surface area contributed by atoms with E-state index in [0.717, 1.165) is 31.2 Å². The summed E-state index contributed by atoms with van der Waals surface area (Å²) in [7, 11) is 1.84. The Kier molecular flexibility index (Phi) is 4.89. The Bertz CT molecular complexity index is 189. The molecule has 82 valence electrons. The maximum Gasteiger partial charge on any atom is 0.251 e. The van der Waals surface area contributed by atoms with Crippen molar-refractivity contribution >= 4 is 21.8 Å². The third-order valence-electron chi connectivity index (χ3n) is 2.69. The topological polar surface area (TPSA) is 29.5 Å². The summed E-state index contributed by atoms with van der Waals surface area (Å²) in [6.45, 7) is 2.75. The molecular weight excluding hydrogens is 246 g/mol. The molecule has 3 nitrogen and oxygen atoms in total. The summed E-state index contributed by atoms with van der Waals surface area (Å²) < 4.78 is 5.45. The summed E-state index contributed by atoms with van der Waals surface area (Å²) in [6, 6.07) is 0.230. The second kappa shape index (κ2) is 5.71. The number of ether oxygens (including phenoxy) is 1. The third-order valence-corrected chi connectivity index (χ3v) is 3.62. The third kappa shape index (κ3) is 2.95. The predicted molar refractivity (Wildman–Crippen MR) is 59.6 cm³/mol. The van der Waals surface area contributed by atoms with E-state index in [2.05, 4.69) is 15.9 Å². The molecule has 1 amide bonds. The van der Waals surface area contributed by atoms with Crippen molar-refractivity contribution in [3.8, 4) is 0 Å². The van der Waals surface area contributed by atoms with Crippen LogP contribution in [-0.2, 0) is 9.53 Å². The van der Waals surface area contributed by atoms with Crippen molar-refractivity contribution in [3.05, 3.63) is 0 Å². The molecule has 4 heteroatoms. The van der Waals surface area contributed by atoms with Crippen molar-refractivity contribution in [2.75, 3.05) is 19.0 Å². The van der Waals surface area contributed by atoms with Crippen LogP contribution < -0.4 is 0 Å². The highest BCUT2D eigenvalue weighted by molar-refractivity contribution is 9.09. The lowest BCUT2D eigenvalue weighted by molar-refractivity contribution is -0.146. The number of hydrogen-bond donors (Lipinski definition) is 0. The largest absolute Gasteiger partial charge is 0.368 e. The first-order valence-corrected chi connectivity index (χ1v) is 6.23. The Hall–Kier alpha value is -0.0900. The number of alkyl halides is 1. The molecule has 0 aliphatic carbocycles. The van der Waals surface area contributed by atoms with Crippen LogP contribution in [-0.4, -0.2) is 41.9 Å². The molecule has 2 atom stereocenters. The lowest BCUT2D eigenvalue weighted by Crippen LogP contribution is -2.44. The Labute approximate surface area is 93.9 Å². The number of amides is 1. The van der Waals surface area contributed by atoms with E-state index in [1.165, 1.54) is 0 Å². The van der Waals surface area contributed by atoms with Crippen LogP contribution >= 0.6 is 15.9 Å². The molecular formula is C10H18BrNO2. The number of nitrogens with zero attached hydrogens (tertiary/aromatic N) is 1. The van der Waals surface area contributed by atoms with Crippen molar-refractivity contribution in [1.82, 2.24) is 4.90 Å². The Balaban J connectivity index is 2.46. The molecule has 1 aliphatic heterocycles. The van der Waals surface area contributed by atoms with Crippen LogP contribution in [0, 0.1) is 0 Å². The van der Waals surface area contributed by atoms with E-state index in [0.29, 0.717) is 0 Å². The average Bonchev–Trinajstić information content (AvgIpc) is 2.27. The molecule has 0 radical (unpaired) electrons.